The molecule has 0 unspecified atom stereocenters. The molecule has 2 aromatic carbocycles. The molecule has 0 aromatic heterocycles. The first-order valence-corrected chi connectivity index (χ1v) is 6.08. The summed E-state index contributed by atoms with van der Waals surface area (Å²) in [5, 5.41) is 9.05. The van der Waals surface area contributed by atoms with E-state index in [1.807, 2.05) is 6.07 Å². The number of benzene rings is 2. The number of carbonyl (C=O) groups excluding carboxylic acids is 1. The number of aldehydes is 1. The van der Waals surface area contributed by atoms with Gasteiger partial charge >= 0.3 is 0 Å². The number of hydrogen-bond acceptors (Lipinski definition) is 3. The number of carbonyl (C=O) groups is 1. The minimum atomic E-state index is -0.483. The summed E-state index contributed by atoms with van der Waals surface area (Å²) in [5.41, 5.74) is 0.843. The van der Waals surface area contributed by atoms with E-state index in [4.69, 9.17) is 21.6 Å². The van der Waals surface area contributed by atoms with Gasteiger partial charge in [0.25, 0.3) is 0 Å². The first-order valence-electron chi connectivity index (χ1n) is 5.70. The highest BCUT2D eigenvalue weighted by Crippen LogP contribution is 2.28. The van der Waals surface area contributed by atoms with Crippen LogP contribution in [0.3, 0.4) is 0 Å². The van der Waals surface area contributed by atoms with Crippen LogP contribution in [0.2, 0.25) is 5.02 Å². The normalized spacial score (nSPS) is 9.85. The van der Waals surface area contributed by atoms with Crippen LogP contribution in [-0.4, -0.2) is 6.29 Å². The van der Waals surface area contributed by atoms with Gasteiger partial charge in [-0.3, -0.25) is 4.79 Å². The van der Waals surface area contributed by atoms with E-state index in [0.29, 0.717) is 11.8 Å². The molecule has 100 valence electrons. The van der Waals surface area contributed by atoms with Gasteiger partial charge in [0.2, 0.25) is 0 Å². The highest BCUT2D eigenvalue weighted by molar-refractivity contribution is 6.32. The van der Waals surface area contributed by atoms with E-state index >= 15 is 0 Å². The molecule has 2 aromatic rings. The number of nitriles is 1. The van der Waals surface area contributed by atoms with E-state index in [9.17, 15) is 9.18 Å². The van der Waals surface area contributed by atoms with Crippen molar-refractivity contribution < 1.29 is 13.9 Å². The largest absolute Gasteiger partial charge is 0.486 e. The second-order valence-electron chi connectivity index (χ2n) is 3.98. The average Bonchev–Trinajstić information content (AvgIpc) is 2.47. The van der Waals surface area contributed by atoms with Gasteiger partial charge < -0.3 is 4.74 Å². The highest BCUT2D eigenvalue weighted by atomic mass is 35.5. The number of nitrogens with zero attached hydrogens (tertiary/aromatic N) is 1. The van der Waals surface area contributed by atoms with E-state index in [-0.39, 0.29) is 28.5 Å². The van der Waals surface area contributed by atoms with E-state index in [0.717, 1.165) is 0 Å². The smallest absolute Gasteiger partial charge is 0.153 e. The quantitative estimate of drug-likeness (QED) is 0.806. The number of halogens is 2. The molecule has 0 bridgehead atoms. The van der Waals surface area contributed by atoms with Gasteiger partial charge in [0.15, 0.2) is 6.29 Å². The first kappa shape index (κ1) is 14.0. The van der Waals surface area contributed by atoms with Crippen molar-refractivity contribution in [1.29, 1.82) is 5.26 Å². The number of ether oxygens (including phenoxy) is 1. The second-order valence-corrected chi connectivity index (χ2v) is 4.39. The van der Waals surface area contributed by atoms with Crippen molar-refractivity contribution in [3.8, 4) is 11.8 Å². The predicted octanol–water partition coefficient (Wildman–Crippen LogP) is 3.74. The minimum absolute atomic E-state index is 0.119. The molecule has 0 aliphatic heterocycles. The number of hydrogen-bond donors (Lipinski definition) is 0. The maximum Gasteiger partial charge on any atom is 0.153 e. The molecular weight excluding hydrogens is 281 g/mol. The molecule has 0 amide bonds. The Bertz CT molecular complexity index is 695. The molecule has 20 heavy (non-hydrogen) atoms. The zero-order chi connectivity index (χ0) is 14.5. The lowest BCUT2D eigenvalue weighted by atomic mass is 10.1. The lowest BCUT2D eigenvalue weighted by Gasteiger charge is -2.10. The third kappa shape index (κ3) is 2.95. The Morgan fingerprint density at radius 3 is 2.85 bits per heavy atom. The van der Waals surface area contributed by atoms with E-state index < -0.39 is 5.82 Å². The van der Waals surface area contributed by atoms with Crippen LogP contribution in [0.25, 0.3) is 0 Å². The van der Waals surface area contributed by atoms with Crippen molar-refractivity contribution in [3.63, 3.8) is 0 Å². The lowest BCUT2D eigenvalue weighted by molar-refractivity contribution is 0.111. The zero-order valence-electron chi connectivity index (χ0n) is 10.3. The molecule has 3 nitrogen and oxygen atoms in total. The summed E-state index contributed by atoms with van der Waals surface area (Å²) in [5.74, 6) is -0.283. The summed E-state index contributed by atoms with van der Waals surface area (Å²) >= 11 is 5.94. The van der Waals surface area contributed by atoms with Gasteiger partial charge in [0, 0.05) is 5.56 Å². The van der Waals surface area contributed by atoms with Crippen LogP contribution in [0, 0.1) is 17.1 Å². The Labute approximate surface area is 120 Å². The van der Waals surface area contributed by atoms with E-state index in [1.54, 1.807) is 18.2 Å². The minimum Gasteiger partial charge on any atom is -0.486 e. The Morgan fingerprint density at radius 2 is 2.15 bits per heavy atom. The third-order valence-electron chi connectivity index (χ3n) is 2.67. The van der Waals surface area contributed by atoms with Crippen LogP contribution in [0.15, 0.2) is 36.4 Å². The molecule has 5 heteroatoms. The molecule has 0 radical (unpaired) electrons. The van der Waals surface area contributed by atoms with Crippen molar-refractivity contribution >= 4 is 17.9 Å². The molecular formula is C15H9ClFNO2. The van der Waals surface area contributed by atoms with Crippen LogP contribution in [0.5, 0.6) is 5.75 Å². The second kappa shape index (κ2) is 6.18. The van der Waals surface area contributed by atoms with Crippen molar-refractivity contribution in [2.75, 3.05) is 0 Å². The summed E-state index contributed by atoms with van der Waals surface area (Å²) in [6.45, 7) is -0.119. The molecule has 0 atom stereocenters. The summed E-state index contributed by atoms with van der Waals surface area (Å²) in [4.78, 5) is 10.9. The number of para-hydroxylation sites is 1. The molecule has 0 spiro atoms. The molecule has 0 aliphatic carbocycles. The number of rotatable bonds is 4. The fourth-order valence-electron chi connectivity index (χ4n) is 1.68. The fraction of sp³-hybridized carbons (Fsp3) is 0.0667. The molecule has 0 aliphatic rings. The summed E-state index contributed by atoms with van der Waals surface area (Å²) in [6.07, 6.45) is 0.614. The monoisotopic (exact) mass is 289 g/mol. The standard InChI is InChI=1S/C15H9ClFNO2/c16-13-3-1-2-11(8-19)15(13)20-9-12-6-10(7-18)4-5-14(12)17/h1-6,8H,9H2. The van der Waals surface area contributed by atoms with Crippen LogP contribution in [-0.2, 0) is 6.61 Å². The summed E-state index contributed by atoms with van der Waals surface area (Å²) in [7, 11) is 0. The first-order chi connectivity index (χ1) is 9.65. The molecule has 0 fully saturated rings. The fourth-order valence-corrected chi connectivity index (χ4v) is 1.91. The van der Waals surface area contributed by atoms with Crippen LogP contribution in [0.4, 0.5) is 4.39 Å². The Balaban J connectivity index is 2.26. The molecule has 0 heterocycles. The van der Waals surface area contributed by atoms with Gasteiger partial charge in [-0.15, -0.1) is 0 Å². The van der Waals surface area contributed by atoms with Gasteiger partial charge in [0.05, 0.1) is 22.2 Å². The predicted molar refractivity (Wildman–Crippen MR) is 72.3 cm³/mol. The average molecular weight is 290 g/mol. The third-order valence-corrected chi connectivity index (χ3v) is 2.97. The molecule has 0 saturated heterocycles. The van der Waals surface area contributed by atoms with Crippen LogP contribution in [0.1, 0.15) is 21.5 Å². The Kier molecular flexibility index (Phi) is 4.34. The summed E-state index contributed by atoms with van der Waals surface area (Å²) in [6, 6.07) is 10.6. The van der Waals surface area contributed by atoms with Gasteiger partial charge in [-0.05, 0) is 30.3 Å². The zero-order valence-corrected chi connectivity index (χ0v) is 11.0. The van der Waals surface area contributed by atoms with Gasteiger partial charge in [-0.1, -0.05) is 17.7 Å². The van der Waals surface area contributed by atoms with Crippen molar-refractivity contribution in [2.24, 2.45) is 0 Å². The Hall–Kier alpha value is -2.38. The topological polar surface area (TPSA) is 50.1 Å². The van der Waals surface area contributed by atoms with Gasteiger partial charge in [-0.25, -0.2) is 4.39 Å². The van der Waals surface area contributed by atoms with Crippen LogP contribution >= 0.6 is 11.6 Å². The molecule has 0 N–H and O–H groups in total. The van der Waals surface area contributed by atoms with Crippen molar-refractivity contribution in [3.05, 3.63) is 63.9 Å². The maximum atomic E-state index is 13.6. The van der Waals surface area contributed by atoms with E-state index in [2.05, 4.69) is 0 Å². The van der Waals surface area contributed by atoms with Crippen molar-refractivity contribution in [2.45, 2.75) is 6.61 Å². The van der Waals surface area contributed by atoms with Crippen LogP contribution < -0.4 is 4.74 Å². The molecule has 2 rings (SSSR count). The van der Waals surface area contributed by atoms with Gasteiger partial charge in [-0.2, -0.15) is 5.26 Å². The lowest BCUT2D eigenvalue weighted by Crippen LogP contribution is -2.01. The van der Waals surface area contributed by atoms with E-state index in [1.165, 1.54) is 18.2 Å². The Morgan fingerprint density at radius 1 is 1.35 bits per heavy atom. The van der Waals surface area contributed by atoms with Gasteiger partial charge in [0.1, 0.15) is 18.2 Å². The molecule has 0 saturated carbocycles. The maximum absolute atomic E-state index is 13.6. The summed E-state index contributed by atoms with van der Waals surface area (Å²) < 4.78 is 19.0. The SMILES string of the molecule is N#Cc1ccc(F)c(COc2c(Cl)cccc2C=O)c1. The van der Waals surface area contributed by atoms with Crippen molar-refractivity contribution in [1.82, 2.24) is 0 Å². The highest BCUT2D eigenvalue weighted by Gasteiger charge is 2.10.